The molecule has 0 aromatic carbocycles. The molecule has 0 aliphatic heterocycles. The van der Waals surface area contributed by atoms with E-state index in [1.807, 2.05) is 0 Å². The number of nitrogens with two attached hydrogens (primary N) is 1. The fourth-order valence-corrected chi connectivity index (χ4v) is 1.53. The lowest BCUT2D eigenvalue weighted by atomic mass is 10.0. The first kappa shape index (κ1) is 14.8. The minimum absolute atomic E-state index is 0.457. The van der Waals surface area contributed by atoms with Crippen LogP contribution in [0.5, 0.6) is 0 Å². The fraction of sp³-hybridized carbons (Fsp3) is 0.909. The Hall–Kier alpha value is -0.220. The lowest BCUT2D eigenvalue weighted by Gasteiger charge is -2.14. The summed E-state index contributed by atoms with van der Waals surface area (Å²) in [6.07, 6.45) is 4.73. The molecule has 0 heterocycles. The van der Waals surface area contributed by atoms with Gasteiger partial charge in [0, 0.05) is 5.25 Å². The summed E-state index contributed by atoms with van der Waals surface area (Å²) in [5.41, 5.74) is 5.39. The van der Waals surface area contributed by atoms with Crippen LogP contribution in [-0.4, -0.2) is 22.4 Å². The van der Waals surface area contributed by atoms with Gasteiger partial charge in [-0.1, -0.05) is 33.1 Å². The van der Waals surface area contributed by atoms with E-state index in [4.69, 9.17) is 10.8 Å². The van der Waals surface area contributed by atoms with Crippen LogP contribution >= 0.6 is 12.6 Å². The van der Waals surface area contributed by atoms with Crippen LogP contribution in [0.3, 0.4) is 0 Å². The smallest absolute Gasteiger partial charge is 0.320 e. The van der Waals surface area contributed by atoms with Gasteiger partial charge in [0.2, 0.25) is 0 Å². The summed E-state index contributed by atoms with van der Waals surface area (Å²) in [6, 6.07) is -0.693. The number of hydrogen-bond acceptors (Lipinski definition) is 3. The maximum atomic E-state index is 10.4. The molecule has 0 radical (unpaired) electrons. The Morgan fingerprint density at radius 3 is 2.27 bits per heavy atom. The molecule has 3 nitrogen and oxygen atoms in total. The molecule has 0 spiro atoms. The van der Waals surface area contributed by atoms with E-state index in [1.165, 1.54) is 0 Å². The van der Waals surface area contributed by atoms with Crippen LogP contribution < -0.4 is 5.73 Å². The summed E-state index contributed by atoms with van der Waals surface area (Å²) in [6.45, 7) is 4.33. The molecule has 0 bridgehead atoms. The van der Waals surface area contributed by atoms with Crippen LogP contribution in [0.15, 0.2) is 0 Å². The molecule has 0 fully saturated rings. The third-order valence-electron chi connectivity index (χ3n) is 2.60. The maximum absolute atomic E-state index is 10.4. The number of carboxylic acid groups (broad SMARTS) is 1. The van der Waals surface area contributed by atoms with Gasteiger partial charge in [0.15, 0.2) is 0 Å². The van der Waals surface area contributed by atoms with E-state index < -0.39 is 12.0 Å². The van der Waals surface area contributed by atoms with Crippen molar-refractivity contribution in [1.29, 1.82) is 0 Å². The van der Waals surface area contributed by atoms with Gasteiger partial charge < -0.3 is 10.8 Å². The number of unbranched alkanes of at least 4 members (excludes halogenated alkanes) is 2. The molecule has 4 heteroatoms. The fourth-order valence-electron chi connectivity index (χ4n) is 1.35. The zero-order valence-corrected chi connectivity index (χ0v) is 10.5. The highest BCUT2D eigenvalue weighted by molar-refractivity contribution is 7.81. The molecule has 90 valence electrons. The number of hydrogen-bond donors (Lipinski definition) is 3. The van der Waals surface area contributed by atoms with E-state index in [0.717, 1.165) is 25.7 Å². The van der Waals surface area contributed by atoms with Gasteiger partial charge in [-0.15, -0.1) is 0 Å². The van der Waals surface area contributed by atoms with Gasteiger partial charge in [-0.2, -0.15) is 12.6 Å². The predicted octanol–water partition coefficient (Wildman–Crippen LogP) is 2.30. The zero-order chi connectivity index (χ0) is 11.8. The molecule has 3 N–H and O–H groups in total. The van der Waals surface area contributed by atoms with Crippen molar-refractivity contribution in [3.8, 4) is 0 Å². The van der Waals surface area contributed by atoms with Gasteiger partial charge in [0.1, 0.15) is 6.04 Å². The number of carbonyl (C=O) groups is 1. The normalized spacial score (nSPS) is 15.3. The standard InChI is InChI=1S/C11H23NO2S/c1-8(2)10(15)7-5-3-4-6-9(12)11(13)14/h8-10,15H,3-7,12H2,1-2H3,(H,13,14). The van der Waals surface area contributed by atoms with Crippen molar-refractivity contribution in [2.75, 3.05) is 0 Å². The molecule has 2 unspecified atom stereocenters. The number of rotatable bonds is 8. The highest BCUT2D eigenvalue weighted by Gasteiger charge is 2.11. The Bertz CT molecular complexity index is 185. The summed E-state index contributed by atoms with van der Waals surface area (Å²) in [7, 11) is 0. The first-order chi connectivity index (χ1) is 6.95. The molecular formula is C11H23NO2S. The SMILES string of the molecule is CC(C)C(S)CCCCCC(N)C(=O)O. The Kier molecular flexibility index (Phi) is 7.88. The number of aliphatic carboxylic acids is 1. The molecule has 0 aliphatic rings. The topological polar surface area (TPSA) is 63.3 Å². The molecule has 0 saturated heterocycles. The molecule has 0 saturated carbocycles. The van der Waals surface area contributed by atoms with Crippen molar-refractivity contribution in [2.45, 2.75) is 57.2 Å². The molecule has 0 rings (SSSR count). The molecular weight excluding hydrogens is 210 g/mol. The second-order valence-electron chi connectivity index (χ2n) is 4.39. The van der Waals surface area contributed by atoms with Crippen LogP contribution in [-0.2, 0) is 4.79 Å². The zero-order valence-electron chi connectivity index (χ0n) is 9.65. The van der Waals surface area contributed by atoms with Crippen LogP contribution in [0.2, 0.25) is 0 Å². The highest BCUT2D eigenvalue weighted by atomic mass is 32.1. The van der Waals surface area contributed by atoms with Crippen molar-refractivity contribution in [3.63, 3.8) is 0 Å². The minimum atomic E-state index is -0.899. The molecule has 0 amide bonds. The summed E-state index contributed by atoms with van der Waals surface area (Å²) in [5.74, 6) is -0.293. The summed E-state index contributed by atoms with van der Waals surface area (Å²) in [5, 5.41) is 9.02. The van der Waals surface area contributed by atoms with Gasteiger partial charge in [-0.05, 0) is 18.8 Å². The third-order valence-corrected chi connectivity index (χ3v) is 3.46. The van der Waals surface area contributed by atoms with E-state index in [9.17, 15) is 4.79 Å². The molecule has 15 heavy (non-hydrogen) atoms. The first-order valence-corrected chi connectivity index (χ1v) is 6.13. The minimum Gasteiger partial charge on any atom is -0.480 e. The Balaban J connectivity index is 3.36. The molecule has 2 atom stereocenters. The Labute approximate surface area is 97.8 Å². The van der Waals surface area contributed by atoms with E-state index in [0.29, 0.717) is 17.6 Å². The summed E-state index contributed by atoms with van der Waals surface area (Å²) >= 11 is 4.48. The third kappa shape index (κ3) is 7.68. The predicted molar refractivity (Wildman–Crippen MR) is 66.3 cm³/mol. The van der Waals surface area contributed by atoms with Gasteiger partial charge >= 0.3 is 5.97 Å². The summed E-state index contributed by atoms with van der Waals surface area (Å²) < 4.78 is 0. The van der Waals surface area contributed by atoms with E-state index in [1.54, 1.807) is 0 Å². The van der Waals surface area contributed by atoms with Crippen LogP contribution in [0.4, 0.5) is 0 Å². The Morgan fingerprint density at radius 1 is 1.27 bits per heavy atom. The quantitative estimate of drug-likeness (QED) is 0.445. The van der Waals surface area contributed by atoms with Gasteiger partial charge in [0.25, 0.3) is 0 Å². The lowest BCUT2D eigenvalue weighted by molar-refractivity contribution is -0.138. The second-order valence-corrected chi connectivity index (χ2v) is 5.06. The summed E-state index contributed by atoms with van der Waals surface area (Å²) in [4.78, 5) is 10.4. The van der Waals surface area contributed by atoms with Gasteiger partial charge in [0.05, 0.1) is 0 Å². The molecule has 0 aromatic heterocycles. The first-order valence-electron chi connectivity index (χ1n) is 5.61. The van der Waals surface area contributed by atoms with E-state index in [2.05, 4.69) is 26.5 Å². The van der Waals surface area contributed by atoms with Crippen LogP contribution in [0, 0.1) is 5.92 Å². The van der Waals surface area contributed by atoms with E-state index in [-0.39, 0.29) is 0 Å². The van der Waals surface area contributed by atoms with Gasteiger partial charge in [-0.25, -0.2) is 0 Å². The van der Waals surface area contributed by atoms with Crippen molar-refractivity contribution in [1.82, 2.24) is 0 Å². The van der Waals surface area contributed by atoms with Crippen molar-refractivity contribution < 1.29 is 9.90 Å². The average molecular weight is 233 g/mol. The van der Waals surface area contributed by atoms with Crippen LogP contribution in [0.25, 0.3) is 0 Å². The lowest BCUT2D eigenvalue weighted by Crippen LogP contribution is -2.29. The van der Waals surface area contributed by atoms with E-state index >= 15 is 0 Å². The number of carboxylic acids is 1. The maximum Gasteiger partial charge on any atom is 0.320 e. The largest absolute Gasteiger partial charge is 0.480 e. The van der Waals surface area contributed by atoms with Crippen molar-refractivity contribution >= 4 is 18.6 Å². The molecule has 0 aliphatic carbocycles. The van der Waals surface area contributed by atoms with Crippen LogP contribution in [0.1, 0.15) is 46.0 Å². The second kappa shape index (κ2) is 7.99. The van der Waals surface area contributed by atoms with Crippen molar-refractivity contribution in [2.24, 2.45) is 11.7 Å². The highest BCUT2D eigenvalue weighted by Crippen LogP contribution is 2.17. The van der Waals surface area contributed by atoms with Gasteiger partial charge in [-0.3, -0.25) is 4.79 Å². The number of thiol groups is 1. The monoisotopic (exact) mass is 233 g/mol. The Morgan fingerprint density at radius 2 is 1.80 bits per heavy atom. The average Bonchev–Trinajstić information content (AvgIpc) is 2.16. The van der Waals surface area contributed by atoms with Crippen molar-refractivity contribution in [3.05, 3.63) is 0 Å². The molecule has 0 aromatic rings.